The number of carbonyl (C=O) groups excluding carboxylic acids is 1. The highest BCUT2D eigenvalue weighted by atomic mass is 16.3. The standard InChI is InChI=1S/C14H18N2O3/c1-11(15)8-14(17)16(9-12-4-2-6-18-12)10-13-5-3-7-19-13/h2-7,11H,8-10,15H2,1H3. The Kier molecular flexibility index (Phi) is 4.41. The molecule has 2 heterocycles. The van der Waals surface area contributed by atoms with Crippen LogP contribution in [0.2, 0.25) is 0 Å². The van der Waals surface area contributed by atoms with E-state index in [0.717, 1.165) is 11.5 Å². The van der Waals surface area contributed by atoms with Crippen LogP contribution in [0.25, 0.3) is 0 Å². The molecule has 1 unspecified atom stereocenters. The Labute approximate surface area is 112 Å². The van der Waals surface area contributed by atoms with Gasteiger partial charge >= 0.3 is 0 Å². The smallest absolute Gasteiger partial charge is 0.224 e. The zero-order valence-corrected chi connectivity index (χ0v) is 10.9. The van der Waals surface area contributed by atoms with E-state index in [2.05, 4.69) is 0 Å². The van der Waals surface area contributed by atoms with Crippen LogP contribution in [0.4, 0.5) is 0 Å². The van der Waals surface area contributed by atoms with Gasteiger partial charge < -0.3 is 19.5 Å². The first-order valence-corrected chi connectivity index (χ1v) is 6.23. The van der Waals surface area contributed by atoms with Crippen LogP contribution in [0.3, 0.4) is 0 Å². The molecule has 1 amide bonds. The minimum Gasteiger partial charge on any atom is -0.467 e. The van der Waals surface area contributed by atoms with Gasteiger partial charge in [0.15, 0.2) is 0 Å². The zero-order chi connectivity index (χ0) is 13.7. The third-order valence-electron chi connectivity index (χ3n) is 2.70. The van der Waals surface area contributed by atoms with Crippen LogP contribution in [0.15, 0.2) is 45.6 Å². The summed E-state index contributed by atoms with van der Waals surface area (Å²) in [6, 6.07) is 7.12. The minimum absolute atomic E-state index is 0.0113. The highest BCUT2D eigenvalue weighted by Gasteiger charge is 2.18. The monoisotopic (exact) mass is 262 g/mol. The Bertz CT molecular complexity index is 453. The molecule has 0 radical (unpaired) electrons. The molecule has 2 N–H and O–H groups in total. The van der Waals surface area contributed by atoms with Crippen molar-refractivity contribution in [2.75, 3.05) is 0 Å². The molecule has 0 aliphatic rings. The number of amides is 1. The molecule has 0 bridgehead atoms. The second-order valence-electron chi connectivity index (χ2n) is 4.59. The van der Waals surface area contributed by atoms with Gasteiger partial charge in [0.25, 0.3) is 0 Å². The number of nitrogens with two attached hydrogens (primary N) is 1. The summed E-state index contributed by atoms with van der Waals surface area (Å²) in [5.41, 5.74) is 5.68. The molecule has 0 saturated carbocycles. The third-order valence-corrected chi connectivity index (χ3v) is 2.70. The van der Waals surface area contributed by atoms with Crippen molar-refractivity contribution in [2.45, 2.75) is 32.5 Å². The largest absolute Gasteiger partial charge is 0.467 e. The molecule has 0 spiro atoms. The third kappa shape index (κ3) is 3.99. The normalized spacial score (nSPS) is 12.3. The van der Waals surface area contributed by atoms with E-state index in [1.54, 1.807) is 29.6 Å². The maximum Gasteiger partial charge on any atom is 0.224 e. The predicted octanol–water partition coefficient (Wildman–Crippen LogP) is 2.14. The van der Waals surface area contributed by atoms with E-state index in [4.69, 9.17) is 14.6 Å². The summed E-state index contributed by atoms with van der Waals surface area (Å²) in [7, 11) is 0. The van der Waals surface area contributed by atoms with Gasteiger partial charge in [0.2, 0.25) is 5.91 Å². The maximum atomic E-state index is 12.2. The van der Waals surface area contributed by atoms with Crippen molar-refractivity contribution in [1.82, 2.24) is 4.90 Å². The first-order valence-electron chi connectivity index (χ1n) is 6.23. The second kappa shape index (κ2) is 6.24. The second-order valence-corrected chi connectivity index (χ2v) is 4.59. The molecule has 0 aliphatic heterocycles. The fraction of sp³-hybridized carbons (Fsp3) is 0.357. The average Bonchev–Trinajstić information content (AvgIpc) is 2.99. The fourth-order valence-electron chi connectivity index (χ4n) is 1.82. The quantitative estimate of drug-likeness (QED) is 0.865. The molecule has 1 atom stereocenters. The summed E-state index contributed by atoms with van der Waals surface area (Å²) in [5, 5.41) is 0. The Morgan fingerprint density at radius 1 is 1.21 bits per heavy atom. The van der Waals surface area contributed by atoms with Crippen molar-refractivity contribution in [3.63, 3.8) is 0 Å². The molecule has 0 fully saturated rings. The van der Waals surface area contributed by atoms with Gasteiger partial charge in [-0.2, -0.15) is 0 Å². The maximum absolute atomic E-state index is 12.2. The summed E-state index contributed by atoms with van der Waals surface area (Å²) in [6.07, 6.45) is 3.49. The molecule has 2 aromatic heterocycles. The Balaban J connectivity index is 2.05. The molecule has 0 aliphatic carbocycles. The van der Waals surface area contributed by atoms with Crippen molar-refractivity contribution in [3.05, 3.63) is 48.3 Å². The van der Waals surface area contributed by atoms with E-state index >= 15 is 0 Å². The summed E-state index contributed by atoms with van der Waals surface area (Å²) in [5.74, 6) is 1.47. The molecule has 2 aromatic rings. The van der Waals surface area contributed by atoms with E-state index in [9.17, 15) is 4.79 Å². The van der Waals surface area contributed by atoms with Crippen LogP contribution >= 0.6 is 0 Å². The van der Waals surface area contributed by atoms with Crippen LogP contribution in [-0.2, 0) is 17.9 Å². The number of carbonyl (C=O) groups is 1. The van der Waals surface area contributed by atoms with Crippen LogP contribution in [-0.4, -0.2) is 16.8 Å². The molecule has 5 heteroatoms. The van der Waals surface area contributed by atoms with Crippen LogP contribution < -0.4 is 5.73 Å². The summed E-state index contributed by atoms with van der Waals surface area (Å²) >= 11 is 0. The molecular weight excluding hydrogens is 244 g/mol. The van der Waals surface area contributed by atoms with Crippen molar-refractivity contribution in [1.29, 1.82) is 0 Å². The van der Waals surface area contributed by atoms with Gasteiger partial charge in [0, 0.05) is 12.5 Å². The van der Waals surface area contributed by atoms with Gasteiger partial charge in [0.1, 0.15) is 11.5 Å². The number of hydrogen-bond donors (Lipinski definition) is 1. The number of nitrogens with zero attached hydrogens (tertiary/aromatic N) is 1. The summed E-state index contributed by atoms with van der Waals surface area (Å²) in [4.78, 5) is 13.9. The zero-order valence-electron chi connectivity index (χ0n) is 10.9. The molecule has 0 aromatic carbocycles. The lowest BCUT2D eigenvalue weighted by Crippen LogP contribution is -2.34. The van der Waals surface area contributed by atoms with E-state index < -0.39 is 0 Å². The molecule has 0 saturated heterocycles. The van der Waals surface area contributed by atoms with Crippen molar-refractivity contribution >= 4 is 5.91 Å². The van der Waals surface area contributed by atoms with Gasteiger partial charge in [-0.25, -0.2) is 0 Å². The summed E-state index contributed by atoms with van der Waals surface area (Å²) < 4.78 is 10.6. The average molecular weight is 262 g/mol. The lowest BCUT2D eigenvalue weighted by molar-refractivity contribution is -0.133. The van der Waals surface area contributed by atoms with Gasteiger partial charge in [-0.1, -0.05) is 0 Å². The number of hydrogen-bond acceptors (Lipinski definition) is 4. The van der Waals surface area contributed by atoms with Gasteiger partial charge in [0.05, 0.1) is 25.6 Å². The molecular formula is C14H18N2O3. The summed E-state index contributed by atoms with van der Waals surface area (Å²) in [6.45, 7) is 2.65. The van der Waals surface area contributed by atoms with Crippen molar-refractivity contribution in [2.24, 2.45) is 5.73 Å². The highest BCUT2D eigenvalue weighted by molar-refractivity contribution is 5.76. The van der Waals surface area contributed by atoms with Gasteiger partial charge in [-0.15, -0.1) is 0 Å². The molecule has 19 heavy (non-hydrogen) atoms. The van der Waals surface area contributed by atoms with E-state index in [0.29, 0.717) is 19.5 Å². The Hall–Kier alpha value is -2.01. The number of furan rings is 2. The lowest BCUT2D eigenvalue weighted by Gasteiger charge is -2.21. The first-order chi connectivity index (χ1) is 9.15. The van der Waals surface area contributed by atoms with E-state index in [1.165, 1.54) is 0 Å². The Morgan fingerprint density at radius 3 is 2.11 bits per heavy atom. The first kappa shape index (κ1) is 13.4. The Morgan fingerprint density at radius 2 is 1.74 bits per heavy atom. The fourth-order valence-corrected chi connectivity index (χ4v) is 1.82. The van der Waals surface area contributed by atoms with Crippen LogP contribution in [0.1, 0.15) is 24.9 Å². The minimum atomic E-state index is -0.164. The van der Waals surface area contributed by atoms with Gasteiger partial charge in [-0.3, -0.25) is 4.79 Å². The number of rotatable bonds is 6. The van der Waals surface area contributed by atoms with E-state index in [-0.39, 0.29) is 11.9 Å². The lowest BCUT2D eigenvalue weighted by atomic mass is 10.2. The molecule has 102 valence electrons. The topological polar surface area (TPSA) is 72.6 Å². The highest BCUT2D eigenvalue weighted by Crippen LogP contribution is 2.12. The van der Waals surface area contributed by atoms with Gasteiger partial charge in [-0.05, 0) is 31.2 Å². The van der Waals surface area contributed by atoms with Crippen LogP contribution in [0, 0.1) is 0 Å². The predicted molar refractivity (Wildman–Crippen MR) is 69.9 cm³/mol. The van der Waals surface area contributed by atoms with Crippen molar-refractivity contribution in [3.8, 4) is 0 Å². The van der Waals surface area contributed by atoms with Crippen LogP contribution in [0.5, 0.6) is 0 Å². The van der Waals surface area contributed by atoms with Crippen molar-refractivity contribution < 1.29 is 13.6 Å². The SMILES string of the molecule is CC(N)CC(=O)N(Cc1ccco1)Cc1ccco1. The van der Waals surface area contributed by atoms with E-state index in [1.807, 2.05) is 19.1 Å². The molecule has 2 rings (SSSR count). The molecule has 5 nitrogen and oxygen atoms in total.